The molecule has 32 heavy (non-hydrogen) atoms. The minimum absolute atomic E-state index is 0.290. The Kier molecular flexibility index (Phi) is 6.53. The number of ether oxygens (including phenoxy) is 1. The predicted octanol–water partition coefficient (Wildman–Crippen LogP) is 2.95. The molecule has 0 unspecified atom stereocenters. The molecule has 1 aromatic carbocycles. The second-order valence-electron chi connectivity index (χ2n) is 9.43. The Morgan fingerprint density at radius 1 is 1.06 bits per heavy atom. The lowest BCUT2D eigenvalue weighted by Gasteiger charge is -2.43. The highest BCUT2D eigenvalue weighted by molar-refractivity contribution is 5.78. The monoisotopic (exact) mass is 434 g/mol. The maximum atomic E-state index is 12.9. The van der Waals surface area contributed by atoms with E-state index in [0.29, 0.717) is 19.1 Å². The number of hydrogen-bond donors (Lipinski definition) is 0. The van der Waals surface area contributed by atoms with E-state index in [1.54, 1.807) is 7.11 Å². The third-order valence-electron chi connectivity index (χ3n) is 7.35. The van der Waals surface area contributed by atoms with Crippen LogP contribution < -0.4 is 0 Å². The van der Waals surface area contributed by atoms with Crippen LogP contribution in [0.25, 0.3) is 11.3 Å². The van der Waals surface area contributed by atoms with Crippen molar-refractivity contribution < 1.29 is 9.53 Å². The number of methoxy groups -OCH3 is 1. The van der Waals surface area contributed by atoms with Gasteiger partial charge in [0, 0.05) is 64.2 Å². The largest absolute Gasteiger partial charge is 0.380 e. The molecule has 1 aliphatic carbocycles. The van der Waals surface area contributed by atoms with Crippen LogP contribution in [0.2, 0.25) is 0 Å². The molecule has 6 heteroatoms. The van der Waals surface area contributed by atoms with Crippen molar-refractivity contribution in [3.05, 3.63) is 53.2 Å². The Morgan fingerprint density at radius 3 is 2.59 bits per heavy atom. The van der Waals surface area contributed by atoms with Gasteiger partial charge in [0.2, 0.25) is 5.91 Å². The zero-order chi connectivity index (χ0) is 21.9. The highest BCUT2D eigenvalue weighted by Gasteiger charge is 2.30. The van der Waals surface area contributed by atoms with Crippen molar-refractivity contribution in [3.8, 4) is 11.3 Å². The average Bonchev–Trinajstić information content (AvgIpc) is 2.79. The van der Waals surface area contributed by atoms with Crippen LogP contribution in [0.15, 0.2) is 36.5 Å². The van der Waals surface area contributed by atoms with Crippen molar-refractivity contribution in [2.24, 2.45) is 0 Å². The summed E-state index contributed by atoms with van der Waals surface area (Å²) in [5.74, 6) is 0.290. The molecule has 170 valence electrons. The quantitative estimate of drug-likeness (QED) is 0.700. The van der Waals surface area contributed by atoms with Gasteiger partial charge in [-0.15, -0.1) is 0 Å². The summed E-state index contributed by atoms with van der Waals surface area (Å²) in [7, 11) is 1.70. The van der Waals surface area contributed by atoms with Crippen LogP contribution in [0.3, 0.4) is 0 Å². The van der Waals surface area contributed by atoms with E-state index in [1.807, 2.05) is 6.20 Å². The lowest BCUT2D eigenvalue weighted by molar-refractivity contribution is -0.135. The van der Waals surface area contributed by atoms with Crippen molar-refractivity contribution in [1.82, 2.24) is 19.7 Å². The molecule has 1 amide bonds. The molecule has 0 atom stereocenters. The third kappa shape index (κ3) is 4.72. The molecule has 1 saturated carbocycles. The Hall–Kier alpha value is -2.28. The molecule has 1 saturated heterocycles. The van der Waals surface area contributed by atoms with Crippen molar-refractivity contribution >= 4 is 5.91 Å². The summed E-state index contributed by atoms with van der Waals surface area (Å²) in [6, 6.07) is 11.6. The number of benzene rings is 1. The molecule has 3 aliphatic rings. The molecule has 2 fully saturated rings. The van der Waals surface area contributed by atoms with Crippen molar-refractivity contribution in [2.75, 3.05) is 46.4 Å². The zero-order valence-corrected chi connectivity index (χ0v) is 19.1. The number of amides is 1. The number of nitrogens with zero attached hydrogens (tertiary/aromatic N) is 4. The van der Waals surface area contributed by atoms with E-state index in [4.69, 9.17) is 4.74 Å². The van der Waals surface area contributed by atoms with Crippen LogP contribution in [0.5, 0.6) is 0 Å². The Balaban J connectivity index is 1.16. The van der Waals surface area contributed by atoms with Gasteiger partial charge in [-0.2, -0.15) is 0 Å². The number of pyridine rings is 1. The van der Waals surface area contributed by atoms with Crippen LogP contribution >= 0.6 is 0 Å². The second-order valence-corrected chi connectivity index (χ2v) is 9.43. The first-order valence-corrected chi connectivity index (χ1v) is 12.0. The van der Waals surface area contributed by atoms with Gasteiger partial charge in [-0.05, 0) is 48.1 Å². The molecule has 0 radical (unpaired) electrons. The smallest absolute Gasteiger partial charge is 0.236 e. The molecule has 0 spiro atoms. The molecule has 2 aromatic rings. The Bertz CT molecular complexity index is 933. The molecule has 0 bridgehead atoms. The van der Waals surface area contributed by atoms with Gasteiger partial charge in [-0.1, -0.05) is 24.6 Å². The number of piperazine rings is 1. The summed E-state index contributed by atoms with van der Waals surface area (Å²) in [6.07, 6.45) is 6.93. The number of fused-ring (bicyclic) bond motifs is 1. The van der Waals surface area contributed by atoms with E-state index in [9.17, 15) is 4.79 Å². The van der Waals surface area contributed by atoms with Crippen LogP contribution in [0.1, 0.15) is 36.0 Å². The number of aromatic nitrogens is 1. The van der Waals surface area contributed by atoms with E-state index in [1.165, 1.54) is 30.4 Å². The maximum Gasteiger partial charge on any atom is 0.236 e. The number of carbonyl (C=O) groups is 1. The fourth-order valence-electron chi connectivity index (χ4n) is 5.13. The lowest BCUT2D eigenvalue weighted by atomic mass is 9.91. The molecule has 3 heterocycles. The van der Waals surface area contributed by atoms with Crippen molar-refractivity contribution in [1.29, 1.82) is 0 Å². The highest BCUT2D eigenvalue weighted by Crippen LogP contribution is 2.27. The van der Waals surface area contributed by atoms with Gasteiger partial charge in [0.05, 0.1) is 18.8 Å². The SMILES string of the molecule is COCc1ccc(-c2ccc3c(c2)CCN(CC(=O)N2CCN(C4CCC4)CC2)C3)nc1. The topological polar surface area (TPSA) is 48.9 Å². The first kappa shape index (κ1) is 21.6. The van der Waals surface area contributed by atoms with E-state index in [-0.39, 0.29) is 0 Å². The number of rotatable bonds is 6. The normalized spacial score (nSPS) is 20.1. The van der Waals surface area contributed by atoms with Crippen LogP contribution in [0.4, 0.5) is 0 Å². The number of carbonyl (C=O) groups excluding carboxylic acids is 1. The molecular formula is C26H34N4O2. The number of hydrogen-bond acceptors (Lipinski definition) is 5. The Morgan fingerprint density at radius 2 is 1.91 bits per heavy atom. The molecule has 6 nitrogen and oxygen atoms in total. The summed E-state index contributed by atoms with van der Waals surface area (Å²) in [5.41, 5.74) is 5.94. The maximum absolute atomic E-state index is 12.9. The van der Waals surface area contributed by atoms with Gasteiger partial charge in [0.25, 0.3) is 0 Å². The van der Waals surface area contributed by atoms with Crippen molar-refractivity contribution in [2.45, 2.75) is 44.9 Å². The zero-order valence-electron chi connectivity index (χ0n) is 19.1. The van der Waals surface area contributed by atoms with Crippen LogP contribution in [-0.2, 0) is 29.1 Å². The minimum Gasteiger partial charge on any atom is -0.380 e. The molecule has 0 N–H and O–H groups in total. The molecule has 2 aliphatic heterocycles. The summed E-state index contributed by atoms with van der Waals surface area (Å²) in [5, 5.41) is 0. The molecular weight excluding hydrogens is 400 g/mol. The molecule has 1 aromatic heterocycles. The fraction of sp³-hybridized carbons (Fsp3) is 0.538. The van der Waals surface area contributed by atoms with E-state index >= 15 is 0 Å². The van der Waals surface area contributed by atoms with E-state index < -0.39 is 0 Å². The van der Waals surface area contributed by atoms with Crippen LogP contribution in [0, 0.1) is 0 Å². The lowest BCUT2D eigenvalue weighted by Crippen LogP contribution is -2.55. The van der Waals surface area contributed by atoms with Gasteiger partial charge in [-0.3, -0.25) is 19.6 Å². The summed E-state index contributed by atoms with van der Waals surface area (Å²) >= 11 is 0. The summed E-state index contributed by atoms with van der Waals surface area (Å²) in [4.78, 5) is 24.5. The summed E-state index contributed by atoms with van der Waals surface area (Å²) < 4.78 is 5.17. The minimum atomic E-state index is 0.290. The van der Waals surface area contributed by atoms with Gasteiger partial charge in [-0.25, -0.2) is 0 Å². The van der Waals surface area contributed by atoms with E-state index in [2.05, 4.69) is 50.0 Å². The van der Waals surface area contributed by atoms with E-state index in [0.717, 1.165) is 68.6 Å². The van der Waals surface area contributed by atoms with Gasteiger partial charge < -0.3 is 9.64 Å². The second kappa shape index (κ2) is 9.69. The highest BCUT2D eigenvalue weighted by atomic mass is 16.5. The van der Waals surface area contributed by atoms with Gasteiger partial charge >= 0.3 is 0 Å². The third-order valence-corrected chi connectivity index (χ3v) is 7.35. The van der Waals surface area contributed by atoms with Gasteiger partial charge in [0.1, 0.15) is 0 Å². The van der Waals surface area contributed by atoms with Gasteiger partial charge in [0.15, 0.2) is 0 Å². The Labute approximate surface area is 191 Å². The first-order valence-electron chi connectivity index (χ1n) is 12.0. The standard InChI is InChI=1S/C26H34N4O2/c1-32-19-20-5-8-25(27-16-20)22-6-7-23-17-28(10-9-21(23)15-22)18-26(31)30-13-11-29(12-14-30)24-3-2-4-24/h5-8,15-16,24H,2-4,9-14,17-19H2,1H3. The first-order chi connectivity index (χ1) is 15.7. The fourth-order valence-corrected chi connectivity index (χ4v) is 5.13. The van der Waals surface area contributed by atoms with Crippen LogP contribution in [-0.4, -0.2) is 78.0 Å². The summed E-state index contributed by atoms with van der Waals surface area (Å²) in [6.45, 7) is 6.77. The van der Waals surface area contributed by atoms with Crippen molar-refractivity contribution in [3.63, 3.8) is 0 Å². The predicted molar refractivity (Wildman–Crippen MR) is 125 cm³/mol. The molecule has 5 rings (SSSR count). The average molecular weight is 435 g/mol.